The van der Waals surface area contributed by atoms with E-state index < -0.39 is 0 Å². The van der Waals surface area contributed by atoms with E-state index in [9.17, 15) is 4.79 Å². The minimum atomic E-state index is -0.212. The Morgan fingerprint density at radius 2 is 1.95 bits per heavy atom. The molecule has 0 unspecified atom stereocenters. The highest BCUT2D eigenvalue weighted by Crippen LogP contribution is 2.29. The fourth-order valence-corrected chi connectivity index (χ4v) is 3.48. The van der Waals surface area contributed by atoms with E-state index in [1.54, 1.807) is 11.8 Å². The topological polar surface area (TPSA) is 45.8 Å². The van der Waals surface area contributed by atoms with Gasteiger partial charge in [-0.25, -0.2) is 4.79 Å². The molecule has 1 heterocycles. The fraction of sp³-hybridized carbons (Fsp3) is 0.333. The number of fused-ring (bicyclic) bond motifs is 1. The van der Waals surface area contributed by atoms with Crippen LogP contribution in [0.4, 0.5) is 0 Å². The first-order chi connectivity index (χ1) is 9.33. The van der Waals surface area contributed by atoms with Crippen LogP contribution in [-0.4, -0.2) is 9.97 Å². The third-order valence-electron chi connectivity index (χ3n) is 3.41. The number of nitrogens with zero attached hydrogens (tertiary/aromatic N) is 1. The summed E-state index contributed by atoms with van der Waals surface area (Å²) in [5.41, 5.74) is 3.41. The number of thioether (sulfide) groups is 1. The van der Waals surface area contributed by atoms with Gasteiger partial charge in [0.05, 0.1) is 0 Å². The molecule has 0 atom stereocenters. The van der Waals surface area contributed by atoms with Crippen molar-refractivity contribution in [2.75, 3.05) is 0 Å². The highest BCUT2D eigenvalue weighted by atomic mass is 32.2. The predicted molar refractivity (Wildman–Crippen MR) is 77.5 cm³/mol. The Kier molecular flexibility index (Phi) is 3.69. The van der Waals surface area contributed by atoms with Gasteiger partial charge in [0.25, 0.3) is 0 Å². The Balaban J connectivity index is 1.84. The van der Waals surface area contributed by atoms with Gasteiger partial charge in [-0.05, 0) is 31.2 Å². The molecule has 3 nitrogen and oxygen atoms in total. The number of rotatable bonds is 3. The second-order valence-electron chi connectivity index (χ2n) is 4.79. The first-order valence-corrected chi connectivity index (χ1v) is 7.60. The Hall–Kier alpha value is -1.55. The van der Waals surface area contributed by atoms with Crippen LogP contribution in [0.2, 0.25) is 0 Å². The number of aromatic nitrogens is 2. The molecule has 3 rings (SSSR count). The number of H-pyrrole nitrogens is 1. The van der Waals surface area contributed by atoms with Crippen molar-refractivity contribution in [2.45, 2.75) is 36.5 Å². The molecule has 98 valence electrons. The van der Waals surface area contributed by atoms with Gasteiger partial charge in [0.2, 0.25) is 0 Å². The number of nitrogens with one attached hydrogen (secondary N) is 1. The largest absolute Gasteiger partial charge is 0.346 e. The second-order valence-corrected chi connectivity index (χ2v) is 5.75. The maximum atomic E-state index is 11.6. The van der Waals surface area contributed by atoms with Crippen molar-refractivity contribution >= 4 is 11.8 Å². The quantitative estimate of drug-likeness (QED) is 0.690. The van der Waals surface area contributed by atoms with Crippen molar-refractivity contribution in [1.82, 2.24) is 9.97 Å². The smallest absolute Gasteiger partial charge is 0.309 e. The summed E-state index contributed by atoms with van der Waals surface area (Å²) in [6.07, 6.45) is 4.37. The third kappa shape index (κ3) is 2.89. The number of hydrogen-bond donors (Lipinski definition) is 1. The normalized spacial score (nSPS) is 14.1. The molecular formula is C15H16N2OS. The Labute approximate surface area is 116 Å². The van der Waals surface area contributed by atoms with Crippen LogP contribution in [0.1, 0.15) is 29.7 Å². The number of aromatic amines is 1. The van der Waals surface area contributed by atoms with Gasteiger partial charge < -0.3 is 4.98 Å². The predicted octanol–water partition coefficient (Wildman–Crippen LogP) is 2.94. The maximum absolute atomic E-state index is 11.6. The van der Waals surface area contributed by atoms with Crippen molar-refractivity contribution in [3.63, 3.8) is 0 Å². The van der Waals surface area contributed by atoms with Crippen LogP contribution in [-0.2, 0) is 18.6 Å². The zero-order valence-corrected chi connectivity index (χ0v) is 11.5. The molecule has 1 aliphatic rings. The van der Waals surface area contributed by atoms with E-state index in [0.29, 0.717) is 0 Å². The first-order valence-electron chi connectivity index (χ1n) is 6.62. The van der Waals surface area contributed by atoms with Crippen LogP contribution in [0.25, 0.3) is 0 Å². The molecule has 4 heteroatoms. The summed E-state index contributed by atoms with van der Waals surface area (Å²) in [6.45, 7) is 0. The van der Waals surface area contributed by atoms with Gasteiger partial charge in [0, 0.05) is 17.0 Å². The van der Waals surface area contributed by atoms with Crippen LogP contribution in [0.3, 0.4) is 0 Å². The monoisotopic (exact) mass is 272 g/mol. The van der Waals surface area contributed by atoms with Gasteiger partial charge in [0.1, 0.15) is 5.03 Å². The summed E-state index contributed by atoms with van der Waals surface area (Å²) in [7, 11) is 0. The zero-order chi connectivity index (χ0) is 13.1. The van der Waals surface area contributed by atoms with Gasteiger partial charge in [0.15, 0.2) is 0 Å². The number of hydrogen-bond acceptors (Lipinski definition) is 3. The van der Waals surface area contributed by atoms with E-state index >= 15 is 0 Å². The van der Waals surface area contributed by atoms with Crippen LogP contribution < -0.4 is 5.69 Å². The van der Waals surface area contributed by atoms with E-state index in [4.69, 9.17) is 0 Å². The highest BCUT2D eigenvalue weighted by Gasteiger charge is 2.16. The molecule has 1 aliphatic carbocycles. The Morgan fingerprint density at radius 1 is 1.16 bits per heavy atom. The number of benzene rings is 1. The standard InChI is InChI=1S/C15H16N2OS/c18-15-16-13-9-5-4-8-12(13)14(17-15)19-10-11-6-2-1-3-7-11/h1-3,6-7H,4-5,8-10H2,(H,16,17,18). The summed E-state index contributed by atoms with van der Waals surface area (Å²) in [4.78, 5) is 18.6. The van der Waals surface area contributed by atoms with Gasteiger partial charge in [-0.1, -0.05) is 30.3 Å². The summed E-state index contributed by atoms with van der Waals surface area (Å²) >= 11 is 1.67. The molecule has 0 saturated carbocycles. The zero-order valence-electron chi connectivity index (χ0n) is 10.7. The summed E-state index contributed by atoms with van der Waals surface area (Å²) in [5.74, 6) is 0.865. The highest BCUT2D eigenvalue weighted by molar-refractivity contribution is 7.98. The molecule has 0 aliphatic heterocycles. The molecule has 0 fully saturated rings. The molecule has 0 saturated heterocycles. The average molecular weight is 272 g/mol. The van der Waals surface area contributed by atoms with Gasteiger partial charge in [-0.3, -0.25) is 0 Å². The Bertz CT molecular complexity index is 622. The van der Waals surface area contributed by atoms with E-state index in [1.165, 1.54) is 17.5 Å². The molecule has 1 N–H and O–H groups in total. The van der Waals surface area contributed by atoms with Crippen LogP contribution in [0, 0.1) is 0 Å². The van der Waals surface area contributed by atoms with Crippen LogP contribution >= 0.6 is 11.8 Å². The van der Waals surface area contributed by atoms with Crippen LogP contribution in [0.5, 0.6) is 0 Å². The summed E-state index contributed by atoms with van der Waals surface area (Å²) < 4.78 is 0. The lowest BCUT2D eigenvalue weighted by molar-refractivity contribution is 0.639. The maximum Gasteiger partial charge on any atom is 0.346 e. The van der Waals surface area contributed by atoms with E-state index in [2.05, 4.69) is 22.1 Å². The van der Waals surface area contributed by atoms with Gasteiger partial charge in [-0.15, -0.1) is 11.8 Å². The molecule has 0 spiro atoms. The minimum absolute atomic E-state index is 0.212. The van der Waals surface area contributed by atoms with Gasteiger partial charge in [-0.2, -0.15) is 4.98 Å². The third-order valence-corrected chi connectivity index (χ3v) is 4.49. The van der Waals surface area contributed by atoms with E-state index in [0.717, 1.165) is 35.7 Å². The van der Waals surface area contributed by atoms with Crippen molar-refractivity contribution in [2.24, 2.45) is 0 Å². The first kappa shape index (κ1) is 12.5. The van der Waals surface area contributed by atoms with E-state index in [-0.39, 0.29) is 5.69 Å². The van der Waals surface area contributed by atoms with Crippen LogP contribution in [0.15, 0.2) is 40.2 Å². The van der Waals surface area contributed by atoms with Crippen molar-refractivity contribution in [3.8, 4) is 0 Å². The molecule has 19 heavy (non-hydrogen) atoms. The second kappa shape index (κ2) is 5.61. The lowest BCUT2D eigenvalue weighted by atomic mass is 9.98. The van der Waals surface area contributed by atoms with Crippen molar-refractivity contribution < 1.29 is 0 Å². The minimum Gasteiger partial charge on any atom is -0.309 e. The van der Waals surface area contributed by atoms with Crippen molar-refractivity contribution in [1.29, 1.82) is 0 Å². The molecule has 0 amide bonds. The molecule has 1 aromatic heterocycles. The summed E-state index contributed by atoms with van der Waals surface area (Å²) in [5, 5.41) is 0.919. The lowest BCUT2D eigenvalue weighted by Gasteiger charge is -2.17. The SMILES string of the molecule is O=c1nc(SCc2ccccc2)c2c([nH]1)CCCC2. The molecule has 2 aromatic rings. The molecular weight excluding hydrogens is 256 g/mol. The molecule has 0 radical (unpaired) electrons. The Morgan fingerprint density at radius 3 is 2.79 bits per heavy atom. The average Bonchev–Trinajstić information content (AvgIpc) is 2.45. The van der Waals surface area contributed by atoms with E-state index in [1.807, 2.05) is 18.2 Å². The van der Waals surface area contributed by atoms with Crippen molar-refractivity contribution in [3.05, 3.63) is 57.6 Å². The number of aryl methyl sites for hydroxylation is 1. The summed E-state index contributed by atoms with van der Waals surface area (Å²) in [6, 6.07) is 10.3. The molecule has 1 aromatic carbocycles. The lowest BCUT2D eigenvalue weighted by Crippen LogP contribution is -2.19. The molecule has 0 bridgehead atoms. The fourth-order valence-electron chi connectivity index (χ4n) is 2.44. The van der Waals surface area contributed by atoms with Gasteiger partial charge >= 0.3 is 5.69 Å².